The molecule has 1 aliphatic heterocycles. The normalized spacial score (nSPS) is 26.6. The minimum absolute atomic E-state index is 0.112. The highest BCUT2D eigenvalue weighted by Gasteiger charge is 2.58. The molecule has 1 aliphatic carbocycles. The topological polar surface area (TPSA) is 46.6 Å². The number of alkyl halides is 2. The molecule has 2 aliphatic rings. The third kappa shape index (κ3) is 2.89. The zero-order valence-corrected chi connectivity index (χ0v) is 11.3. The van der Waals surface area contributed by atoms with Crippen LogP contribution >= 0.6 is 0 Å². The summed E-state index contributed by atoms with van der Waals surface area (Å²) in [7, 11) is 0. The van der Waals surface area contributed by atoms with Crippen molar-refractivity contribution in [3.8, 4) is 0 Å². The first-order chi connectivity index (χ1) is 9.97. The fraction of sp³-hybridized carbons (Fsp3) is 0.467. The van der Waals surface area contributed by atoms with Crippen molar-refractivity contribution >= 4 is 12.0 Å². The van der Waals surface area contributed by atoms with Crippen molar-refractivity contribution in [2.24, 2.45) is 5.92 Å². The van der Waals surface area contributed by atoms with E-state index in [1.807, 2.05) is 30.3 Å². The van der Waals surface area contributed by atoms with E-state index in [1.54, 1.807) is 0 Å². The number of hydrogen-bond donors (Lipinski definition) is 0. The van der Waals surface area contributed by atoms with Crippen LogP contribution in [0.15, 0.2) is 30.3 Å². The average molecular weight is 295 g/mol. The van der Waals surface area contributed by atoms with Crippen LogP contribution in [0.5, 0.6) is 0 Å². The number of ether oxygens (including phenoxy) is 1. The van der Waals surface area contributed by atoms with Crippen LogP contribution in [0.3, 0.4) is 0 Å². The summed E-state index contributed by atoms with van der Waals surface area (Å²) in [5.74, 6) is -4.26. The lowest BCUT2D eigenvalue weighted by atomic mass is 10.1. The first-order valence-corrected chi connectivity index (χ1v) is 6.88. The molecule has 112 valence electrons. The van der Waals surface area contributed by atoms with Crippen LogP contribution in [-0.2, 0) is 16.0 Å². The van der Waals surface area contributed by atoms with Crippen molar-refractivity contribution in [1.82, 2.24) is 4.90 Å². The monoisotopic (exact) mass is 295 g/mol. The van der Waals surface area contributed by atoms with Gasteiger partial charge in [0.25, 0.3) is 5.92 Å². The van der Waals surface area contributed by atoms with Gasteiger partial charge in [-0.25, -0.2) is 18.5 Å². The minimum Gasteiger partial charge on any atom is -0.447 e. The maximum Gasteiger partial charge on any atom is 0.416 e. The molecule has 1 saturated carbocycles. The summed E-state index contributed by atoms with van der Waals surface area (Å²) in [4.78, 5) is 24.8. The van der Waals surface area contributed by atoms with E-state index >= 15 is 0 Å². The number of cyclic esters (lactones) is 1. The fourth-order valence-electron chi connectivity index (χ4n) is 2.60. The van der Waals surface area contributed by atoms with Crippen LogP contribution in [0.25, 0.3) is 0 Å². The lowest BCUT2D eigenvalue weighted by Gasteiger charge is -2.19. The maximum atomic E-state index is 12.9. The first kappa shape index (κ1) is 14.0. The standard InChI is InChI=1S/C15H15F2NO3/c16-15(17)8-11(15)7-13(19)18-12(9-21-14(18)20)6-10-4-2-1-3-5-10/h1-5,11-12H,6-9H2/t11-,12-/m0/s1. The van der Waals surface area contributed by atoms with E-state index in [0.717, 1.165) is 10.5 Å². The van der Waals surface area contributed by atoms with Gasteiger partial charge in [0.15, 0.2) is 0 Å². The van der Waals surface area contributed by atoms with Gasteiger partial charge in [0.05, 0.1) is 6.04 Å². The quantitative estimate of drug-likeness (QED) is 0.858. The molecule has 3 rings (SSSR count). The van der Waals surface area contributed by atoms with Gasteiger partial charge in [0.1, 0.15) is 6.61 Å². The number of nitrogens with zero attached hydrogens (tertiary/aromatic N) is 1. The molecule has 0 unspecified atom stereocenters. The van der Waals surface area contributed by atoms with Gasteiger partial charge in [-0.05, 0) is 12.0 Å². The third-order valence-electron chi connectivity index (χ3n) is 3.92. The summed E-state index contributed by atoms with van der Waals surface area (Å²) in [6, 6.07) is 8.96. The van der Waals surface area contributed by atoms with Gasteiger partial charge >= 0.3 is 6.09 Å². The van der Waals surface area contributed by atoms with E-state index in [4.69, 9.17) is 4.74 Å². The summed E-state index contributed by atoms with van der Waals surface area (Å²) < 4.78 is 30.7. The van der Waals surface area contributed by atoms with E-state index in [1.165, 1.54) is 0 Å². The van der Waals surface area contributed by atoms with Gasteiger partial charge in [-0.15, -0.1) is 0 Å². The predicted octanol–water partition coefficient (Wildman–Crippen LogP) is 2.62. The second kappa shape index (κ2) is 5.09. The highest BCUT2D eigenvalue weighted by molar-refractivity contribution is 5.93. The Morgan fingerprint density at radius 1 is 1.33 bits per heavy atom. The van der Waals surface area contributed by atoms with Gasteiger partial charge < -0.3 is 4.74 Å². The molecular weight excluding hydrogens is 280 g/mol. The lowest BCUT2D eigenvalue weighted by molar-refractivity contribution is -0.130. The molecule has 1 heterocycles. The highest BCUT2D eigenvalue weighted by atomic mass is 19.3. The van der Waals surface area contributed by atoms with Crippen LogP contribution in [0.4, 0.5) is 13.6 Å². The van der Waals surface area contributed by atoms with E-state index < -0.39 is 29.9 Å². The van der Waals surface area contributed by atoms with E-state index in [2.05, 4.69) is 0 Å². The predicted molar refractivity (Wildman–Crippen MR) is 69.8 cm³/mol. The summed E-state index contributed by atoms with van der Waals surface area (Å²) in [5.41, 5.74) is 0.968. The number of carbonyl (C=O) groups excluding carboxylic acids is 2. The van der Waals surface area contributed by atoms with Gasteiger partial charge in [-0.1, -0.05) is 30.3 Å². The second-order valence-corrected chi connectivity index (χ2v) is 5.55. The number of carbonyl (C=O) groups is 2. The molecule has 1 aromatic rings. The molecule has 4 nitrogen and oxygen atoms in total. The Hall–Kier alpha value is -1.98. The number of rotatable bonds is 4. The molecule has 6 heteroatoms. The molecule has 1 aromatic carbocycles. The summed E-state index contributed by atoms with van der Waals surface area (Å²) in [6.45, 7) is 0.112. The Morgan fingerprint density at radius 3 is 2.62 bits per heavy atom. The molecule has 0 aromatic heterocycles. The third-order valence-corrected chi connectivity index (χ3v) is 3.92. The largest absolute Gasteiger partial charge is 0.447 e. The molecule has 2 amide bonds. The van der Waals surface area contributed by atoms with Crippen molar-refractivity contribution in [2.75, 3.05) is 6.61 Å². The first-order valence-electron chi connectivity index (χ1n) is 6.88. The average Bonchev–Trinajstić information content (AvgIpc) is 2.86. The Bertz CT molecular complexity index is 561. The van der Waals surface area contributed by atoms with Crippen molar-refractivity contribution in [3.05, 3.63) is 35.9 Å². The van der Waals surface area contributed by atoms with Gasteiger partial charge in [-0.3, -0.25) is 4.79 Å². The number of halogens is 2. The Balaban J connectivity index is 1.66. The minimum atomic E-state index is -2.76. The van der Waals surface area contributed by atoms with Crippen LogP contribution in [0.1, 0.15) is 18.4 Å². The SMILES string of the molecule is O=C(C[C@H]1CC1(F)F)N1C(=O)OC[C@@H]1Cc1ccccc1. The summed E-state index contributed by atoms with van der Waals surface area (Å²) in [6.07, 6.45) is -0.831. The molecular formula is C15H15F2NO3. The second-order valence-electron chi connectivity index (χ2n) is 5.55. The molecule has 0 spiro atoms. The highest BCUT2D eigenvalue weighted by Crippen LogP contribution is 2.51. The van der Waals surface area contributed by atoms with Crippen LogP contribution in [0.2, 0.25) is 0 Å². The number of benzene rings is 1. The fourth-order valence-corrected chi connectivity index (χ4v) is 2.60. The van der Waals surface area contributed by atoms with Crippen molar-refractivity contribution < 1.29 is 23.1 Å². The number of imide groups is 1. The molecule has 2 atom stereocenters. The molecule has 0 N–H and O–H groups in total. The molecule has 1 saturated heterocycles. The molecule has 0 radical (unpaired) electrons. The Morgan fingerprint density at radius 2 is 2.00 bits per heavy atom. The molecule has 21 heavy (non-hydrogen) atoms. The van der Waals surface area contributed by atoms with E-state index in [0.29, 0.717) is 6.42 Å². The van der Waals surface area contributed by atoms with Crippen LogP contribution in [0, 0.1) is 5.92 Å². The Labute approximate surface area is 120 Å². The van der Waals surface area contributed by atoms with Crippen molar-refractivity contribution in [3.63, 3.8) is 0 Å². The zero-order valence-electron chi connectivity index (χ0n) is 11.3. The van der Waals surface area contributed by atoms with Crippen LogP contribution < -0.4 is 0 Å². The van der Waals surface area contributed by atoms with Gasteiger partial charge in [0, 0.05) is 18.8 Å². The van der Waals surface area contributed by atoms with Gasteiger partial charge in [-0.2, -0.15) is 0 Å². The molecule has 2 fully saturated rings. The van der Waals surface area contributed by atoms with Crippen molar-refractivity contribution in [1.29, 1.82) is 0 Å². The Kier molecular flexibility index (Phi) is 3.39. The molecule has 0 bridgehead atoms. The summed E-state index contributed by atoms with van der Waals surface area (Å²) >= 11 is 0. The smallest absolute Gasteiger partial charge is 0.416 e. The van der Waals surface area contributed by atoms with Crippen molar-refractivity contribution in [2.45, 2.75) is 31.2 Å². The van der Waals surface area contributed by atoms with Gasteiger partial charge in [0.2, 0.25) is 5.91 Å². The summed E-state index contributed by atoms with van der Waals surface area (Å²) in [5, 5.41) is 0. The van der Waals surface area contributed by atoms with E-state index in [9.17, 15) is 18.4 Å². The van der Waals surface area contributed by atoms with Crippen LogP contribution in [-0.4, -0.2) is 35.5 Å². The lowest BCUT2D eigenvalue weighted by Crippen LogP contribution is -2.40. The zero-order chi connectivity index (χ0) is 15.0. The maximum absolute atomic E-state index is 12.9. The number of hydrogen-bond acceptors (Lipinski definition) is 3. The number of amides is 2. The van der Waals surface area contributed by atoms with E-state index in [-0.39, 0.29) is 19.4 Å².